The Morgan fingerprint density at radius 1 is 1.24 bits per heavy atom. The molecule has 1 aromatic heterocycles. The maximum Gasteiger partial charge on any atom is 0.115 e. The van der Waals surface area contributed by atoms with Gasteiger partial charge in [0.1, 0.15) is 5.82 Å². The fraction of sp³-hybridized carbons (Fsp3) is 0.500. The minimum atomic E-state index is 0.0375. The van der Waals surface area contributed by atoms with Crippen LogP contribution in [0.25, 0.3) is 11.0 Å². The third-order valence-electron chi connectivity index (χ3n) is 2.84. The first-order valence-electron chi connectivity index (χ1n) is 5.98. The van der Waals surface area contributed by atoms with Crippen molar-refractivity contribution >= 4 is 22.6 Å². The number of hydrogen-bond donors (Lipinski definition) is 0. The Labute approximate surface area is 108 Å². The lowest BCUT2D eigenvalue weighted by atomic mass is 9.95. The maximum absolute atomic E-state index is 6.08. The van der Waals surface area contributed by atoms with E-state index in [2.05, 4.69) is 39.2 Å². The van der Waals surface area contributed by atoms with E-state index in [0.29, 0.717) is 6.04 Å². The molecule has 0 unspecified atom stereocenters. The molecular weight excluding hydrogens is 232 g/mol. The molecule has 0 aliphatic carbocycles. The summed E-state index contributed by atoms with van der Waals surface area (Å²) in [5.74, 6) is 1.12. The number of imidazole rings is 1. The Balaban J connectivity index is 2.81. The quantitative estimate of drug-likeness (QED) is 0.725. The molecule has 0 saturated heterocycles. The number of aromatic nitrogens is 2. The molecule has 0 fully saturated rings. The van der Waals surface area contributed by atoms with Gasteiger partial charge in [-0.15, -0.1) is 0 Å². The number of hydrogen-bond acceptors (Lipinski definition) is 1. The fourth-order valence-electron chi connectivity index (χ4n) is 2.12. The highest BCUT2D eigenvalue weighted by atomic mass is 35.5. The topological polar surface area (TPSA) is 17.8 Å². The summed E-state index contributed by atoms with van der Waals surface area (Å²) < 4.78 is 2.28. The largest absolute Gasteiger partial charge is 0.325 e. The monoisotopic (exact) mass is 250 g/mol. The Morgan fingerprint density at radius 2 is 1.88 bits per heavy atom. The highest BCUT2D eigenvalue weighted by Gasteiger charge is 2.24. The molecule has 0 amide bonds. The molecule has 2 aromatic rings. The van der Waals surface area contributed by atoms with Crippen molar-refractivity contribution in [1.82, 2.24) is 9.55 Å². The number of fused-ring (bicyclic) bond motifs is 1. The lowest BCUT2D eigenvalue weighted by Crippen LogP contribution is -2.20. The molecule has 2 nitrogen and oxygen atoms in total. The van der Waals surface area contributed by atoms with Gasteiger partial charge in [-0.3, -0.25) is 0 Å². The van der Waals surface area contributed by atoms with Crippen molar-refractivity contribution in [2.75, 3.05) is 0 Å². The van der Waals surface area contributed by atoms with E-state index >= 15 is 0 Å². The second-order valence-electron chi connectivity index (χ2n) is 5.78. The van der Waals surface area contributed by atoms with Crippen LogP contribution in [0.3, 0.4) is 0 Å². The summed E-state index contributed by atoms with van der Waals surface area (Å²) in [5, 5.41) is 0.764. The second kappa shape index (κ2) is 4.02. The Hall–Kier alpha value is -1.02. The summed E-state index contributed by atoms with van der Waals surface area (Å²) in [7, 11) is 0. The molecule has 0 bridgehead atoms. The molecule has 17 heavy (non-hydrogen) atoms. The van der Waals surface area contributed by atoms with Gasteiger partial charge in [0, 0.05) is 16.5 Å². The minimum absolute atomic E-state index is 0.0375. The van der Waals surface area contributed by atoms with Crippen molar-refractivity contribution in [3.8, 4) is 0 Å². The lowest BCUT2D eigenvalue weighted by molar-refractivity contribution is 0.477. The van der Waals surface area contributed by atoms with Crippen LogP contribution in [0.2, 0.25) is 5.02 Å². The number of benzene rings is 1. The Morgan fingerprint density at radius 3 is 2.41 bits per heavy atom. The number of nitrogens with zero attached hydrogens (tertiary/aromatic N) is 2. The van der Waals surface area contributed by atoms with E-state index in [-0.39, 0.29) is 5.41 Å². The lowest BCUT2D eigenvalue weighted by Gasteiger charge is -2.22. The zero-order valence-corrected chi connectivity index (χ0v) is 11.8. The highest BCUT2D eigenvalue weighted by molar-refractivity contribution is 6.31. The van der Waals surface area contributed by atoms with Crippen molar-refractivity contribution < 1.29 is 0 Å². The molecule has 3 heteroatoms. The molecular formula is C14H19ClN2. The number of rotatable bonds is 1. The summed E-state index contributed by atoms with van der Waals surface area (Å²) in [5.41, 5.74) is 2.18. The van der Waals surface area contributed by atoms with Crippen LogP contribution in [-0.4, -0.2) is 9.55 Å². The van der Waals surface area contributed by atoms with Gasteiger partial charge in [-0.25, -0.2) is 4.98 Å². The van der Waals surface area contributed by atoms with Gasteiger partial charge in [-0.05, 0) is 32.0 Å². The van der Waals surface area contributed by atoms with Gasteiger partial charge in [0.25, 0.3) is 0 Å². The summed E-state index contributed by atoms with van der Waals surface area (Å²) in [4.78, 5) is 4.75. The zero-order valence-electron chi connectivity index (χ0n) is 11.1. The van der Waals surface area contributed by atoms with Crippen molar-refractivity contribution in [3.05, 3.63) is 29.0 Å². The average Bonchev–Trinajstić information content (AvgIpc) is 2.55. The highest BCUT2D eigenvalue weighted by Crippen LogP contribution is 2.30. The SMILES string of the molecule is CC(C)n1c(C(C)(C)C)nc2ccc(Cl)cc21. The van der Waals surface area contributed by atoms with Crippen LogP contribution < -0.4 is 0 Å². The summed E-state index contributed by atoms with van der Waals surface area (Å²) in [6, 6.07) is 6.27. The Bertz CT molecular complexity index is 547. The first kappa shape index (κ1) is 12.4. The third kappa shape index (κ3) is 2.19. The van der Waals surface area contributed by atoms with Crippen molar-refractivity contribution in [1.29, 1.82) is 0 Å². The van der Waals surface area contributed by atoms with E-state index in [4.69, 9.17) is 16.6 Å². The van der Waals surface area contributed by atoms with Crippen LogP contribution in [0.5, 0.6) is 0 Å². The molecule has 0 N–H and O–H groups in total. The average molecular weight is 251 g/mol. The normalized spacial score (nSPS) is 12.6. The van der Waals surface area contributed by atoms with E-state index in [0.717, 1.165) is 21.9 Å². The van der Waals surface area contributed by atoms with Crippen LogP contribution in [-0.2, 0) is 5.41 Å². The fourth-order valence-corrected chi connectivity index (χ4v) is 2.28. The van der Waals surface area contributed by atoms with Crippen molar-refractivity contribution in [2.24, 2.45) is 0 Å². The third-order valence-corrected chi connectivity index (χ3v) is 3.07. The van der Waals surface area contributed by atoms with E-state index < -0.39 is 0 Å². The molecule has 0 aliphatic rings. The zero-order chi connectivity index (χ0) is 12.8. The molecule has 1 heterocycles. The van der Waals surface area contributed by atoms with E-state index in [9.17, 15) is 0 Å². The predicted molar refractivity (Wildman–Crippen MR) is 73.8 cm³/mol. The van der Waals surface area contributed by atoms with Gasteiger partial charge >= 0.3 is 0 Å². The van der Waals surface area contributed by atoms with E-state index in [1.807, 2.05) is 18.2 Å². The van der Waals surface area contributed by atoms with Crippen LogP contribution in [0.15, 0.2) is 18.2 Å². The molecule has 92 valence electrons. The van der Waals surface area contributed by atoms with Crippen molar-refractivity contribution in [2.45, 2.75) is 46.1 Å². The van der Waals surface area contributed by atoms with Crippen LogP contribution in [0.1, 0.15) is 46.5 Å². The van der Waals surface area contributed by atoms with Crippen LogP contribution in [0, 0.1) is 0 Å². The molecule has 0 spiro atoms. The minimum Gasteiger partial charge on any atom is -0.325 e. The van der Waals surface area contributed by atoms with E-state index in [1.165, 1.54) is 0 Å². The summed E-state index contributed by atoms with van der Waals surface area (Å²) >= 11 is 6.08. The standard InChI is InChI=1S/C14H19ClN2/c1-9(2)17-12-8-10(15)6-7-11(12)16-13(17)14(3,4)5/h6-9H,1-5H3. The predicted octanol–water partition coefficient (Wildman–Crippen LogP) is 4.57. The van der Waals surface area contributed by atoms with Gasteiger partial charge in [-0.1, -0.05) is 32.4 Å². The van der Waals surface area contributed by atoms with Crippen LogP contribution in [0.4, 0.5) is 0 Å². The van der Waals surface area contributed by atoms with E-state index in [1.54, 1.807) is 0 Å². The molecule has 0 saturated carbocycles. The smallest absolute Gasteiger partial charge is 0.115 e. The number of halogens is 1. The van der Waals surface area contributed by atoms with Gasteiger partial charge in [0.05, 0.1) is 11.0 Å². The maximum atomic E-state index is 6.08. The first-order chi connectivity index (χ1) is 7.80. The van der Waals surface area contributed by atoms with Gasteiger partial charge in [-0.2, -0.15) is 0 Å². The molecule has 0 atom stereocenters. The summed E-state index contributed by atoms with van der Waals surface area (Å²) in [6.45, 7) is 10.9. The summed E-state index contributed by atoms with van der Waals surface area (Å²) in [6.07, 6.45) is 0. The first-order valence-corrected chi connectivity index (χ1v) is 6.36. The second-order valence-corrected chi connectivity index (χ2v) is 6.22. The van der Waals surface area contributed by atoms with Crippen molar-refractivity contribution in [3.63, 3.8) is 0 Å². The molecule has 1 aromatic carbocycles. The van der Waals surface area contributed by atoms with Gasteiger partial charge < -0.3 is 4.57 Å². The van der Waals surface area contributed by atoms with Crippen LogP contribution >= 0.6 is 11.6 Å². The molecule has 0 radical (unpaired) electrons. The molecule has 0 aliphatic heterocycles. The van der Waals surface area contributed by atoms with Gasteiger partial charge in [0.2, 0.25) is 0 Å². The Kier molecular flexibility index (Phi) is 2.94. The van der Waals surface area contributed by atoms with Gasteiger partial charge in [0.15, 0.2) is 0 Å². The molecule has 2 rings (SSSR count).